The van der Waals surface area contributed by atoms with E-state index in [2.05, 4.69) is 21.6 Å². The first kappa shape index (κ1) is 23.9. The number of carbonyl (C=O) groups is 2. The first-order valence-electron chi connectivity index (χ1n) is 11.3. The van der Waals surface area contributed by atoms with E-state index < -0.39 is 0 Å². The van der Waals surface area contributed by atoms with E-state index in [0.717, 1.165) is 38.3 Å². The molecule has 2 N–H and O–H groups in total. The highest BCUT2D eigenvalue weighted by atomic mass is 32.1. The van der Waals surface area contributed by atoms with Crippen molar-refractivity contribution in [3.05, 3.63) is 76.5 Å². The Morgan fingerprint density at radius 2 is 1.79 bits per heavy atom. The normalized spacial score (nSPS) is 15.3. The molecule has 3 aromatic rings. The van der Waals surface area contributed by atoms with Gasteiger partial charge in [-0.3, -0.25) is 14.5 Å². The first-order valence-corrected chi connectivity index (χ1v) is 12.2. The molecule has 34 heavy (non-hydrogen) atoms. The van der Waals surface area contributed by atoms with Crippen LogP contribution in [0.1, 0.15) is 28.1 Å². The molecule has 1 aliphatic rings. The summed E-state index contributed by atoms with van der Waals surface area (Å²) in [6.07, 6.45) is 2.28. The number of amides is 2. The van der Waals surface area contributed by atoms with Gasteiger partial charge in [0.25, 0.3) is 5.91 Å². The first-order chi connectivity index (χ1) is 16.6. The third-order valence-electron chi connectivity index (χ3n) is 5.59. The molecule has 2 heterocycles. The fourth-order valence-corrected chi connectivity index (χ4v) is 4.62. The minimum absolute atomic E-state index is 0.0926. The van der Waals surface area contributed by atoms with Crippen molar-refractivity contribution in [3.8, 4) is 5.75 Å². The second kappa shape index (κ2) is 11.8. The molecule has 0 radical (unpaired) electrons. The number of hydrogen-bond donors (Lipinski definition) is 2. The van der Waals surface area contributed by atoms with E-state index in [1.165, 1.54) is 4.88 Å². The van der Waals surface area contributed by atoms with Crippen LogP contribution in [0.25, 0.3) is 0 Å². The average Bonchev–Trinajstić information content (AvgIpc) is 3.54. The fourth-order valence-electron chi connectivity index (χ4n) is 3.87. The van der Waals surface area contributed by atoms with Crippen LogP contribution in [0, 0.1) is 0 Å². The Bertz CT molecular complexity index is 1060. The topological polar surface area (TPSA) is 79.9 Å². The molecular weight excluding hydrogens is 450 g/mol. The third-order valence-corrected chi connectivity index (χ3v) is 6.45. The number of ether oxygens (including phenoxy) is 2. The SMILES string of the molecule is COc1ccc(NC(=O)c2ccc(NC(=O)CN(Cc3cccs3)C[C@@H]3CCCO3)cc2)cc1. The monoisotopic (exact) mass is 479 g/mol. The van der Waals surface area contributed by atoms with E-state index >= 15 is 0 Å². The Hall–Kier alpha value is -3.20. The van der Waals surface area contributed by atoms with Gasteiger partial charge in [-0.1, -0.05) is 6.07 Å². The maximum Gasteiger partial charge on any atom is 0.255 e. The lowest BCUT2D eigenvalue weighted by Gasteiger charge is -2.24. The molecule has 1 aliphatic heterocycles. The van der Waals surface area contributed by atoms with Crippen molar-refractivity contribution >= 4 is 34.5 Å². The van der Waals surface area contributed by atoms with Crippen molar-refractivity contribution in [2.45, 2.75) is 25.5 Å². The molecule has 7 nitrogen and oxygen atoms in total. The summed E-state index contributed by atoms with van der Waals surface area (Å²) < 4.78 is 10.9. The zero-order valence-corrected chi connectivity index (χ0v) is 20.0. The highest BCUT2D eigenvalue weighted by Gasteiger charge is 2.21. The summed E-state index contributed by atoms with van der Waals surface area (Å²) in [4.78, 5) is 28.6. The van der Waals surface area contributed by atoms with Crippen LogP contribution in [0.3, 0.4) is 0 Å². The van der Waals surface area contributed by atoms with Gasteiger partial charge < -0.3 is 20.1 Å². The summed E-state index contributed by atoms with van der Waals surface area (Å²) in [5.74, 6) is 0.412. The molecule has 1 fully saturated rings. The van der Waals surface area contributed by atoms with Crippen molar-refractivity contribution in [1.29, 1.82) is 0 Å². The molecule has 0 saturated carbocycles. The maximum atomic E-state index is 12.8. The lowest BCUT2D eigenvalue weighted by Crippen LogP contribution is -2.37. The average molecular weight is 480 g/mol. The van der Waals surface area contributed by atoms with Gasteiger partial charge in [0, 0.05) is 41.5 Å². The lowest BCUT2D eigenvalue weighted by atomic mass is 10.2. The van der Waals surface area contributed by atoms with Gasteiger partial charge in [0.1, 0.15) is 5.75 Å². The Labute approximate surface area is 203 Å². The van der Waals surface area contributed by atoms with Crippen LogP contribution in [0.5, 0.6) is 5.75 Å². The molecule has 0 spiro atoms. The number of rotatable bonds is 10. The van der Waals surface area contributed by atoms with E-state index in [9.17, 15) is 9.59 Å². The summed E-state index contributed by atoms with van der Waals surface area (Å²) in [5, 5.41) is 7.84. The minimum atomic E-state index is -0.221. The van der Waals surface area contributed by atoms with Gasteiger partial charge in [0.2, 0.25) is 5.91 Å². The van der Waals surface area contributed by atoms with Gasteiger partial charge in [-0.25, -0.2) is 0 Å². The van der Waals surface area contributed by atoms with Gasteiger partial charge in [0.05, 0.1) is 19.8 Å². The molecule has 2 aromatic carbocycles. The van der Waals surface area contributed by atoms with Crippen molar-refractivity contribution < 1.29 is 19.1 Å². The number of methoxy groups -OCH3 is 1. The maximum absolute atomic E-state index is 12.8. The molecule has 1 atom stereocenters. The lowest BCUT2D eigenvalue weighted by molar-refractivity contribution is -0.117. The molecule has 0 unspecified atom stereocenters. The van der Waals surface area contributed by atoms with E-state index in [4.69, 9.17) is 9.47 Å². The van der Waals surface area contributed by atoms with Crippen LogP contribution >= 0.6 is 11.3 Å². The number of benzene rings is 2. The van der Waals surface area contributed by atoms with Gasteiger partial charge in [0.15, 0.2) is 0 Å². The zero-order chi connectivity index (χ0) is 23.8. The Kier molecular flexibility index (Phi) is 8.30. The molecule has 0 bridgehead atoms. The van der Waals surface area contributed by atoms with E-state index in [1.807, 2.05) is 11.4 Å². The second-order valence-electron chi connectivity index (χ2n) is 8.19. The Morgan fingerprint density at radius 1 is 1.06 bits per heavy atom. The molecular formula is C26H29N3O4S. The smallest absolute Gasteiger partial charge is 0.255 e. The molecule has 2 amide bonds. The van der Waals surface area contributed by atoms with Crippen LogP contribution < -0.4 is 15.4 Å². The zero-order valence-electron chi connectivity index (χ0n) is 19.2. The van der Waals surface area contributed by atoms with Crippen LogP contribution in [-0.4, -0.2) is 49.6 Å². The van der Waals surface area contributed by atoms with E-state index in [-0.39, 0.29) is 24.5 Å². The number of nitrogens with zero attached hydrogens (tertiary/aromatic N) is 1. The summed E-state index contributed by atoms with van der Waals surface area (Å²) in [6, 6.07) is 18.1. The molecule has 4 rings (SSSR count). The summed E-state index contributed by atoms with van der Waals surface area (Å²) in [5.41, 5.74) is 1.84. The predicted molar refractivity (Wildman–Crippen MR) is 135 cm³/mol. The van der Waals surface area contributed by atoms with Crippen molar-refractivity contribution in [3.63, 3.8) is 0 Å². The predicted octanol–water partition coefficient (Wildman–Crippen LogP) is 4.63. The third kappa shape index (κ3) is 6.90. The molecule has 1 aromatic heterocycles. The number of nitrogens with one attached hydrogen (secondary N) is 2. The summed E-state index contributed by atoms with van der Waals surface area (Å²) in [7, 11) is 1.60. The quantitative estimate of drug-likeness (QED) is 0.443. The van der Waals surface area contributed by atoms with E-state index in [0.29, 0.717) is 16.9 Å². The van der Waals surface area contributed by atoms with Crippen molar-refractivity contribution in [2.75, 3.05) is 37.4 Å². The number of thiophene rings is 1. The highest BCUT2D eigenvalue weighted by Crippen LogP contribution is 2.19. The van der Waals surface area contributed by atoms with Crippen LogP contribution in [0.15, 0.2) is 66.0 Å². The largest absolute Gasteiger partial charge is 0.497 e. The minimum Gasteiger partial charge on any atom is -0.497 e. The second-order valence-corrected chi connectivity index (χ2v) is 9.22. The number of carbonyl (C=O) groups excluding carboxylic acids is 2. The van der Waals surface area contributed by atoms with Gasteiger partial charge in [-0.05, 0) is 72.8 Å². The fraction of sp³-hybridized carbons (Fsp3) is 0.308. The Morgan fingerprint density at radius 3 is 2.44 bits per heavy atom. The van der Waals surface area contributed by atoms with Crippen molar-refractivity contribution in [2.24, 2.45) is 0 Å². The van der Waals surface area contributed by atoms with Gasteiger partial charge >= 0.3 is 0 Å². The highest BCUT2D eigenvalue weighted by molar-refractivity contribution is 7.09. The summed E-state index contributed by atoms with van der Waals surface area (Å²) in [6.45, 7) is 2.52. The molecule has 1 saturated heterocycles. The molecule has 0 aliphatic carbocycles. The van der Waals surface area contributed by atoms with Crippen molar-refractivity contribution in [1.82, 2.24) is 4.90 Å². The summed E-state index contributed by atoms with van der Waals surface area (Å²) >= 11 is 1.69. The van der Waals surface area contributed by atoms with Gasteiger partial charge in [-0.2, -0.15) is 0 Å². The molecule has 8 heteroatoms. The standard InChI is InChI=1S/C26H29N3O4S/c1-32-22-12-10-21(11-13-22)28-26(31)19-6-8-20(9-7-19)27-25(30)18-29(16-23-4-2-14-33-23)17-24-5-3-15-34-24/h3,5-13,15,23H,2,4,14,16-18H2,1H3,(H,27,30)(H,28,31)/t23-/m0/s1. The van der Waals surface area contributed by atoms with E-state index in [1.54, 1.807) is 67.0 Å². The number of hydrogen-bond acceptors (Lipinski definition) is 6. The number of anilines is 2. The van der Waals surface area contributed by atoms with Crippen LogP contribution in [-0.2, 0) is 16.1 Å². The van der Waals surface area contributed by atoms with Crippen LogP contribution in [0.2, 0.25) is 0 Å². The van der Waals surface area contributed by atoms with Crippen LogP contribution in [0.4, 0.5) is 11.4 Å². The van der Waals surface area contributed by atoms with Gasteiger partial charge in [-0.15, -0.1) is 11.3 Å². The molecule has 178 valence electrons. The Balaban J connectivity index is 1.31.